The zero-order valence-corrected chi connectivity index (χ0v) is 10.9. The molecule has 1 aromatic carbocycles. The summed E-state index contributed by atoms with van der Waals surface area (Å²) >= 11 is 3.34. The molecule has 1 atom stereocenters. The van der Waals surface area contributed by atoms with Gasteiger partial charge in [0.05, 0.1) is 7.11 Å². The van der Waals surface area contributed by atoms with Crippen molar-refractivity contribution in [3.8, 4) is 0 Å². The molecule has 15 heavy (non-hydrogen) atoms. The van der Waals surface area contributed by atoms with Gasteiger partial charge in [-0.05, 0) is 30.2 Å². The third-order valence-electron chi connectivity index (χ3n) is 1.88. The summed E-state index contributed by atoms with van der Waals surface area (Å²) in [6.45, 7) is 1.94. The Balaban J connectivity index is 0.00000196. The van der Waals surface area contributed by atoms with Gasteiger partial charge in [-0.2, -0.15) is 0 Å². The smallest absolute Gasteiger partial charge is 0.327 e. The van der Waals surface area contributed by atoms with Crippen molar-refractivity contribution in [2.75, 3.05) is 7.11 Å². The van der Waals surface area contributed by atoms with Gasteiger partial charge in [-0.1, -0.05) is 22.0 Å². The first-order valence-electron chi connectivity index (χ1n) is 4.15. The van der Waals surface area contributed by atoms with Gasteiger partial charge in [0.1, 0.15) is 6.04 Å². The highest BCUT2D eigenvalue weighted by atomic mass is 79.9. The zero-order chi connectivity index (χ0) is 10.7. The number of hydrogen-bond acceptors (Lipinski definition) is 3. The SMILES string of the molecule is COC(=O)C(N)c1cc(C)cc(Br)c1.Cl. The Morgan fingerprint density at radius 3 is 2.53 bits per heavy atom. The van der Waals surface area contributed by atoms with Crippen molar-refractivity contribution in [2.45, 2.75) is 13.0 Å². The van der Waals surface area contributed by atoms with Crippen LogP contribution in [-0.2, 0) is 9.53 Å². The van der Waals surface area contributed by atoms with Crippen LogP contribution in [0.5, 0.6) is 0 Å². The first-order chi connectivity index (χ1) is 6.54. The van der Waals surface area contributed by atoms with Crippen molar-refractivity contribution in [2.24, 2.45) is 5.73 Å². The summed E-state index contributed by atoms with van der Waals surface area (Å²) < 4.78 is 5.48. The second-order valence-electron chi connectivity index (χ2n) is 3.06. The summed E-state index contributed by atoms with van der Waals surface area (Å²) in [5.41, 5.74) is 7.49. The van der Waals surface area contributed by atoms with Crippen molar-refractivity contribution in [1.82, 2.24) is 0 Å². The lowest BCUT2D eigenvalue weighted by Crippen LogP contribution is -2.22. The average molecular weight is 295 g/mol. The number of esters is 1. The molecule has 0 fully saturated rings. The number of methoxy groups -OCH3 is 1. The number of carbonyl (C=O) groups excluding carboxylic acids is 1. The van der Waals surface area contributed by atoms with E-state index >= 15 is 0 Å². The van der Waals surface area contributed by atoms with Crippen LogP contribution in [-0.4, -0.2) is 13.1 Å². The van der Waals surface area contributed by atoms with E-state index in [1.165, 1.54) is 7.11 Å². The van der Waals surface area contributed by atoms with Crippen molar-refractivity contribution in [3.05, 3.63) is 33.8 Å². The van der Waals surface area contributed by atoms with Gasteiger partial charge in [0.25, 0.3) is 0 Å². The van der Waals surface area contributed by atoms with Gasteiger partial charge in [-0.15, -0.1) is 12.4 Å². The third kappa shape index (κ3) is 3.81. The molecule has 0 spiro atoms. The van der Waals surface area contributed by atoms with Crippen LogP contribution in [0.3, 0.4) is 0 Å². The van der Waals surface area contributed by atoms with Gasteiger partial charge in [-0.3, -0.25) is 4.79 Å². The predicted octanol–water partition coefficient (Wildman–Crippen LogP) is 2.35. The van der Waals surface area contributed by atoms with Crippen LogP contribution < -0.4 is 5.73 Å². The van der Waals surface area contributed by atoms with Gasteiger partial charge in [0.2, 0.25) is 0 Å². The van der Waals surface area contributed by atoms with E-state index in [0.29, 0.717) is 0 Å². The lowest BCUT2D eigenvalue weighted by atomic mass is 10.1. The van der Waals surface area contributed by atoms with Gasteiger partial charge in [0, 0.05) is 4.47 Å². The fourth-order valence-corrected chi connectivity index (χ4v) is 1.83. The molecule has 0 saturated heterocycles. The number of nitrogens with two attached hydrogens (primary N) is 1. The Kier molecular flexibility index (Phi) is 5.87. The molecule has 0 amide bonds. The standard InChI is InChI=1S/C10H12BrNO2.ClH/c1-6-3-7(5-8(11)4-6)9(12)10(13)14-2;/h3-5,9H,12H2,1-2H3;1H. The maximum Gasteiger partial charge on any atom is 0.327 e. The van der Waals surface area contributed by atoms with E-state index in [1.54, 1.807) is 0 Å². The van der Waals surface area contributed by atoms with Crippen molar-refractivity contribution >= 4 is 34.3 Å². The Labute approximate surface area is 104 Å². The molecule has 1 unspecified atom stereocenters. The number of rotatable bonds is 2. The molecule has 0 radical (unpaired) electrons. The molecule has 1 aromatic rings. The Morgan fingerprint density at radius 2 is 2.07 bits per heavy atom. The van der Waals surface area contributed by atoms with E-state index in [1.807, 2.05) is 25.1 Å². The molecule has 5 heteroatoms. The quantitative estimate of drug-likeness (QED) is 0.852. The summed E-state index contributed by atoms with van der Waals surface area (Å²) in [5, 5.41) is 0. The van der Waals surface area contributed by atoms with E-state index in [0.717, 1.165) is 15.6 Å². The normalized spacial score (nSPS) is 11.5. The highest BCUT2D eigenvalue weighted by molar-refractivity contribution is 9.10. The van der Waals surface area contributed by atoms with Crippen molar-refractivity contribution < 1.29 is 9.53 Å². The molecule has 84 valence electrons. The van der Waals surface area contributed by atoms with Crippen LogP contribution in [0.2, 0.25) is 0 Å². The third-order valence-corrected chi connectivity index (χ3v) is 2.34. The van der Waals surface area contributed by atoms with Gasteiger partial charge >= 0.3 is 5.97 Å². The van der Waals surface area contributed by atoms with E-state index in [9.17, 15) is 4.79 Å². The zero-order valence-electron chi connectivity index (χ0n) is 8.49. The highest BCUT2D eigenvalue weighted by Crippen LogP contribution is 2.20. The molecule has 2 N–H and O–H groups in total. The Bertz CT molecular complexity index is 337. The predicted molar refractivity (Wildman–Crippen MR) is 65.1 cm³/mol. The van der Waals surface area contributed by atoms with Crippen LogP contribution in [0.1, 0.15) is 17.2 Å². The van der Waals surface area contributed by atoms with Crippen LogP contribution in [0.4, 0.5) is 0 Å². The second kappa shape index (κ2) is 6.10. The number of aryl methyl sites for hydroxylation is 1. The number of ether oxygens (including phenoxy) is 1. The summed E-state index contributed by atoms with van der Waals surface area (Å²) in [6.07, 6.45) is 0. The first kappa shape index (κ1) is 14.4. The van der Waals surface area contributed by atoms with E-state index in [4.69, 9.17) is 5.73 Å². The van der Waals surface area contributed by atoms with Crippen LogP contribution in [0, 0.1) is 6.92 Å². The summed E-state index contributed by atoms with van der Waals surface area (Å²) in [5.74, 6) is -0.428. The molecular weight excluding hydrogens is 281 g/mol. The second-order valence-corrected chi connectivity index (χ2v) is 3.98. The largest absolute Gasteiger partial charge is 0.468 e. The number of halogens is 2. The molecule has 3 nitrogen and oxygen atoms in total. The van der Waals surface area contributed by atoms with E-state index < -0.39 is 12.0 Å². The minimum absolute atomic E-state index is 0. The molecule has 0 saturated carbocycles. The van der Waals surface area contributed by atoms with Gasteiger partial charge in [-0.25, -0.2) is 0 Å². The topological polar surface area (TPSA) is 52.3 Å². The molecular formula is C10H13BrClNO2. The number of hydrogen-bond donors (Lipinski definition) is 1. The van der Waals surface area contributed by atoms with Gasteiger partial charge < -0.3 is 10.5 Å². The lowest BCUT2D eigenvalue weighted by Gasteiger charge is -2.10. The van der Waals surface area contributed by atoms with Crippen LogP contribution in [0.25, 0.3) is 0 Å². The first-order valence-corrected chi connectivity index (χ1v) is 4.94. The van der Waals surface area contributed by atoms with Crippen LogP contribution in [0.15, 0.2) is 22.7 Å². The summed E-state index contributed by atoms with van der Waals surface area (Å²) in [4.78, 5) is 11.2. The maximum atomic E-state index is 11.2. The maximum absolute atomic E-state index is 11.2. The Morgan fingerprint density at radius 1 is 1.47 bits per heavy atom. The summed E-state index contributed by atoms with van der Waals surface area (Å²) in [6, 6.07) is 4.92. The molecule has 0 bridgehead atoms. The molecule has 0 aromatic heterocycles. The van der Waals surface area contributed by atoms with E-state index in [2.05, 4.69) is 20.7 Å². The van der Waals surface area contributed by atoms with Gasteiger partial charge in [0.15, 0.2) is 0 Å². The molecule has 0 aliphatic heterocycles. The minimum Gasteiger partial charge on any atom is -0.468 e. The summed E-state index contributed by atoms with van der Waals surface area (Å²) in [7, 11) is 1.33. The lowest BCUT2D eigenvalue weighted by molar-refractivity contribution is -0.142. The minimum atomic E-state index is -0.712. The average Bonchev–Trinajstić information content (AvgIpc) is 2.14. The van der Waals surface area contributed by atoms with Crippen molar-refractivity contribution in [1.29, 1.82) is 0 Å². The molecule has 1 rings (SSSR count). The monoisotopic (exact) mass is 293 g/mol. The number of carbonyl (C=O) groups is 1. The van der Waals surface area contributed by atoms with Crippen molar-refractivity contribution in [3.63, 3.8) is 0 Å². The molecule has 0 aliphatic carbocycles. The fraction of sp³-hybridized carbons (Fsp3) is 0.300. The number of benzene rings is 1. The fourth-order valence-electron chi connectivity index (χ4n) is 1.21. The Hall–Kier alpha value is -0.580. The molecule has 0 heterocycles. The van der Waals surface area contributed by atoms with Crippen LogP contribution >= 0.6 is 28.3 Å². The molecule has 0 aliphatic rings. The van der Waals surface area contributed by atoms with E-state index in [-0.39, 0.29) is 12.4 Å². The highest BCUT2D eigenvalue weighted by Gasteiger charge is 2.16.